The minimum absolute atomic E-state index is 0.0461. The molecule has 0 radical (unpaired) electrons. The smallest absolute Gasteiger partial charge is 0.416 e. The Morgan fingerprint density at radius 1 is 1.34 bits per heavy atom. The van der Waals surface area contributed by atoms with E-state index in [0.717, 1.165) is 6.07 Å². The highest BCUT2D eigenvalue weighted by atomic mass is 19.3. The second kappa shape index (κ2) is 8.64. The van der Waals surface area contributed by atoms with Crippen LogP contribution in [-0.2, 0) is 11.2 Å². The van der Waals surface area contributed by atoms with Gasteiger partial charge in [-0.15, -0.1) is 0 Å². The molecule has 10 heteroatoms. The van der Waals surface area contributed by atoms with Gasteiger partial charge in [0.25, 0.3) is 0 Å². The highest BCUT2D eigenvalue weighted by Gasteiger charge is 2.38. The van der Waals surface area contributed by atoms with Gasteiger partial charge in [-0.3, -0.25) is 4.90 Å². The van der Waals surface area contributed by atoms with E-state index in [-0.39, 0.29) is 30.5 Å². The normalized spacial score (nSPS) is 18.7. The predicted molar refractivity (Wildman–Crippen MR) is 96.5 cm³/mol. The molecule has 1 N–H and O–H groups in total. The maximum atomic E-state index is 14.3. The van der Waals surface area contributed by atoms with Crippen LogP contribution in [0.1, 0.15) is 31.2 Å². The van der Waals surface area contributed by atoms with E-state index in [1.165, 1.54) is 29.3 Å². The van der Waals surface area contributed by atoms with Crippen LogP contribution in [0.25, 0.3) is 0 Å². The number of hydrogen-bond acceptors (Lipinski definition) is 6. The molecule has 1 aromatic carbocycles. The van der Waals surface area contributed by atoms with Crippen molar-refractivity contribution in [1.29, 1.82) is 0 Å². The molecule has 2 heterocycles. The molecule has 2 aromatic rings. The zero-order valence-electron chi connectivity index (χ0n) is 15.8. The summed E-state index contributed by atoms with van der Waals surface area (Å²) in [6.07, 6.45) is 0.267. The molecule has 0 aliphatic carbocycles. The first-order valence-corrected chi connectivity index (χ1v) is 8.96. The number of amides is 1. The average Bonchev–Trinajstić information content (AvgIpc) is 3.03. The third-order valence-corrected chi connectivity index (χ3v) is 4.62. The van der Waals surface area contributed by atoms with Crippen LogP contribution < -0.4 is 9.64 Å². The van der Waals surface area contributed by atoms with Crippen LogP contribution in [0.2, 0.25) is 0 Å². The lowest BCUT2D eigenvalue weighted by Crippen LogP contribution is -2.41. The number of nitrogens with zero attached hydrogens (tertiary/aromatic N) is 3. The first-order chi connectivity index (χ1) is 13.8. The summed E-state index contributed by atoms with van der Waals surface area (Å²) in [7, 11) is 0. The van der Waals surface area contributed by atoms with Crippen LogP contribution in [-0.4, -0.2) is 46.5 Å². The fourth-order valence-electron chi connectivity index (χ4n) is 3.14. The largest absolute Gasteiger partial charge is 0.447 e. The molecule has 7 nitrogen and oxygen atoms in total. The summed E-state index contributed by atoms with van der Waals surface area (Å²) in [4.78, 5) is 21.8. The highest BCUT2D eigenvalue weighted by molar-refractivity contribution is 5.89. The number of rotatable bonds is 7. The van der Waals surface area contributed by atoms with Gasteiger partial charge in [0.2, 0.25) is 0 Å². The summed E-state index contributed by atoms with van der Waals surface area (Å²) in [5.74, 6) is -0.681. The van der Waals surface area contributed by atoms with E-state index in [9.17, 15) is 23.1 Å². The molecule has 0 bridgehead atoms. The van der Waals surface area contributed by atoms with Crippen molar-refractivity contribution >= 4 is 11.9 Å². The lowest BCUT2D eigenvalue weighted by Gasteiger charge is -2.22. The van der Waals surface area contributed by atoms with Gasteiger partial charge >= 0.3 is 12.7 Å². The maximum absolute atomic E-state index is 14.3. The lowest BCUT2D eigenvalue weighted by molar-refractivity contribution is -0.0500. The van der Waals surface area contributed by atoms with Crippen molar-refractivity contribution in [2.75, 3.05) is 11.5 Å². The Kier molecular flexibility index (Phi) is 6.21. The molecular weight excluding hydrogens is 391 g/mol. The monoisotopic (exact) mass is 411 g/mol. The van der Waals surface area contributed by atoms with Gasteiger partial charge in [-0.05, 0) is 30.5 Å². The molecule has 1 amide bonds. The van der Waals surface area contributed by atoms with Crippen LogP contribution in [0.3, 0.4) is 0 Å². The van der Waals surface area contributed by atoms with E-state index in [2.05, 4.69) is 14.7 Å². The molecule has 3 atom stereocenters. The molecule has 3 rings (SSSR count). The SMILES string of the molecule is C[C@H](Cc1nccc(N2C(=O)OC[C@@H]2[C@@H](C)O)n1)c1ccc(OC(F)F)cc1F. The number of aliphatic hydroxyl groups is 1. The molecule has 0 spiro atoms. The number of benzene rings is 1. The number of alkyl halides is 2. The molecule has 1 saturated heterocycles. The Balaban J connectivity index is 1.77. The minimum atomic E-state index is -3.03. The summed E-state index contributed by atoms with van der Waals surface area (Å²) >= 11 is 0. The summed E-state index contributed by atoms with van der Waals surface area (Å²) in [5, 5.41) is 9.86. The van der Waals surface area contributed by atoms with E-state index in [4.69, 9.17) is 4.74 Å². The number of ether oxygens (including phenoxy) is 2. The van der Waals surface area contributed by atoms with Crippen molar-refractivity contribution in [3.63, 3.8) is 0 Å². The van der Waals surface area contributed by atoms with Gasteiger partial charge < -0.3 is 14.6 Å². The number of aromatic nitrogens is 2. The van der Waals surface area contributed by atoms with Crippen LogP contribution in [0, 0.1) is 5.82 Å². The summed E-state index contributed by atoms with van der Waals surface area (Å²) in [6.45, 7) is 0.306. The Morgan fingerprint density at radius 3 is 2.76 bits per heavy atom. The van der Waals surface area contributed by atoms with Crippen molar-refractivity contribution in [3.8, 4) is 5.75 Å². The van der Waals surface area contributed by atoms with E-state index in [1.54, 1.807) is 13.8 Å². The Labute approximate surface area is 165 Å². The van der Waals surface area contributed by atoms with Crippen LogP contribution in [0.15, 0.2) is 30.5 Å². The van der Waals surface area contributed by atoms with Crippen molar-refractivity contribution in [2.24, 2.45) is 0 Å². The van der Waals surface area contributed by atoms with Crippen LogP contribution in [0.5, 0.6) is 5.75 Å². The third-order valence-electron chi connectivity index (χ3n) is 4.62. The van der Waals surface area contributed by atoms with Gasteiger partial charge in [0, 0.05) is 18.7 Å². The van der Waals surface area contributed by atoms with Crippen molar-refractivity contribution in [3.05, 3.63) is 47.7 Å². The average molecular weight is 411 g/mol. The third kappa shape index (κ3) is 4.76. The first-order valence-electron chi connectivity index (χ1n) is 8.96. The van der Waals surface area contributed by atoms with Crippen molar-refractivity contribution in [2.45, 2.75) is 44.9 Å². The fraction of sp³-hybridized carbons (Fsp3) is 0.421. The van der Waals surface area contributed by atoms with Gasteiger partial charge in [0.05, 0.1) is 6.10 Å². The minimum Gasteiger partial charge on any atom is -0.447 e. The van der Waals surface area contributed by atoms with Gasteiger partial charge in [-0.2, -0.15) is 8.78 Å². The number of cyclic esters (lactones) is 1. The Morgan fingerprint density at radius 2 is 2.10 bits per heavy atom. The number of carbonyl (C=O) groups excluding carboxylic acids is 1. The Hall–Kier alpha value is -2.88. The molecule has 1 aromatic heterocycles. The van der Waals surface area contributed by atoms with Crippen molar-refractivity contribution in [1.82, 2.24) is 9.97 Å². The molecule has 1 fully saturated rings. The molecule has 1 aliphatic heterocycles. The number of anilines is 1. The van der Waals surface area contributed by atoms with E-state index in [1.807, 2.05) is 0 Å². The van der Waals surface area contributed by atoms with Gasteiger partial charge in [0.15, 0.2) is 0 Å². The predicted octanol–water partition coefficient (Wildman–Crippen LogP) is 3.27. The highest BCUT2D eigenvalue weighted by Crippen LogP contribution is 2.27. The number of hydrogen-bond donors (Lipinski definition) is 1. The summed E-state index contributed by atoms with van der Waals surface area (Å²) < 4.78 is 48.0. The zero-order valence-corrected chi connectivity index (χ0v) is 15.8. The zero-order chi connectivity index (χ0) is 21.1. The van der Waals surface area contributed by atoms with Gasteiger partial charge in [-0.25, -0.2) is 19.2 Å². The molecule has 0 unspecified atom stereocenters. The molecular formula is C19H20F3N3O4. The molecule has 156 valence electrons. The lowest BCUT2D eigenvalue weighted by atomic mass is 9.96. The molecule has 29 heavy (non-hydrogen) atoms. The topological polar surface area (TPSA) is 84.8 Å². The van der Waals surface area contributed by atoms with E-state index in [0.29, 0.717) is 11.4 Å². The number of aliphatic hydroxyl groups excluding tert-OH is 1. The molecule has 1 aliphatic rings. The standard InChI is InChI=1S/C19H20F3N3O4/c1-10(13-4-3-12(8-14(13)20)29-18(21)22)7-16-23-6-5-17(24-16)25-15(11(2)26)9-28-19(25)27/h3-6,8,10-11,15,18,26H,7,9H2,1-2H3/t10-,11-,15-/m1/s1. The molecule has 0 saturated carbocycles. The second-order valence-corrected chi connectivity index (χ2v) is 6.75. The summed E-state index contributed by atoms with van der Waals surface area (Å²) in [5.41, 5.74) is 0.294. The second-order valence-electron chi connectivity index (χ2n) is 6.75. The van der Waals surface area contributed by atoms with Gasteiger partial charge in [-0.1, -0.05) is 13.0 Å². The van der Waals surface area contributed by atoms with E-state index < -0.39 is 30.7 Å². The van der Waals surface area contributed by atoms with E-state index >= 15 is 0 Å². The number of carbonyl (C=O) groups is 1. The fourth-order valence-corrected chi connectivity index (χ4v) is 3.14. The number of halogens is 3. The van der Waals surface area contributed by atoms with Crippen LogP contribution in [0.4, 0.5) is 23.8 Å². The summed E-state index contributed by atoms with van der Waals surface area (Å²) in [6, 6.07) is 4.51. The van der Waals surface area contributed by atoms with Crippen molar-refractivity contribution < 1.29 is 32.5 Å². The Bertz CT molecular complexity index is 882. The maximum Gasteiger partial charge on any atom is 0.416 e. The first kappa shape index (κ1) is 20.8. The quantitative estimate of drug-likeness (QED) is 0.753. The van der Waals surface area contributed by atoms with Gasteiger partial charge in [0.1, 0.15) is 35.9 Å². The van der Waals surface area contributed by atoms with Crippen LogP contribution >= 0.6 is 0 Å².